The smallest absolute Gasteiger partial charge is 0.329 e. The highest BCUT2D eigenvalue weighted by molar-refractivity contribution is 6.32. The summed E-state index contributed by atoms with van der Waals surface area (Å²) in [5, 5.41) is 16.0. The number of nitro benzene ring substituents is 1. The molecule has 11 heteroatoms. The quantitative estimate of drug-likeness (QED) is 0.313. The van der Waals surface area contributed by atoms with Gasteiger partial charge in [-0.25, -0.2) is 9.69 Å². The SMILES string of the molecule is COc1ccccc1NC(=O)CN1C(=O)N/C(=C/c2cc([N+](=O)[O-])ccc2Cl)C1=O. The van der Waals surface area contributed by atoms with Crippen molar-refractivity contribution >= 4 is 46.9 Å². The van der Waals surface area contributed by atoms with Gasteiger partial charge in [-0.1, -0.05) is 23.7 Å². The number of hydrogen-bond acceptors (Lipinski definition) is 6. The molecular weight excluding hydrogens is 416 g/mol. The molecule has 2 N–H and O–H groups in total. The van der Waals surface area contributed by atoms with Crippen molar-refractivity contribution in [1.82, 2.24) is 10.2 Å². The van der Waals surface area contributed by atoms with Gasteiger partial charge < -0.3 is 15.4 Å². The normalized spacial score (nSPS) is 14.6. The minimum Gasteiger partial charge on any atom is -0.495 e. The van der Waals surface area contributed by atoms with Crippen LogP contribution in [-0.2, 0) is 9.59 Å². The highest BCUT2D eigenvalue weighted by Crippen LogP contribution is 2.26. The Kier molecular flexibility index (Phi) is 5.98. The number of para-hydroxylation sites is 2. The number of anilines is 1. The zero-order chi connectivity index (χ0) is 21.8. The van der Waals surface area contributed by atoms with Crippen molar-refractivity contribution in [3.8, 4) is 5.75 Å². The number of amides is 4. The number of rotatable bonds is 6. The number of imide groups is 1. The molecule has 0 bridgehead atoms. The number of nitrogens with one attached hydrogen (secondary N) is 2. The summed E-state index contributed by atoms with van der Waals surface area (Å²) >= 11 is 6.02. The van der Waals surface area contributed by atoms with Gasteiger partial charge in [0, 0.05) is 22.7 Å². The number of hydrogen-bond donors (Lipinski definition) is 2. The van der Waals surface area contributed by atoms with E-state index in [1.165, 1.54) is 31.4 Å². The summed E-state index contributed by atoms with van der Waals surface area (Å²) in [6, 6.07) is 9.57. The predicted molar refractivity (Wildman–Crippen MR) is 108 cm³/mol. The van der Waals surface area contributed by atoms with E-state index < -0.39 is 29.3 Å². The van der Waals surface area contributed by atoms with Gasteiger partial charge in [0.15, 0.2) is 0 Å². The van der Waals surface area contributed by atoms with Gasteiger partial charge in [-0.15, -0.1) is 0 Å². The Bertz CT molecular complexity index is 1080. The molecule has 30 heavy (non-hydrogen) atoms. The molecule has 0 aromatic heterocycles. The lowest BCUT2D eigenvalue weighted by Gasteiger charge is -2.13. The number of nitrogens with zero attached hydrogens (tertiary/aromatic N) is 2. The molecule has 0 radical (unpaired) electrons. The molecule has 154 valence electrons. The van der Waals surface area contributed by atoms with Crippen LogP contribution in [-0.4, -0.2) is 41.3 Å². The largest absolute Gasteiger partial charge is 0.495 e. The van der Waals surface area contributed by atoms with Gasteiger partial charge in [-0.3, -0.25) is 19.7 Å². The lowest BCUT2D eigenvalue weighted by atomic mass is 10.1. The van der Waals surface area contributed by atoms with Gasteiger partial charge in [0.1, 0.15) is 18.0 Å². The van der Waals surface area contributed by atoms with Crippen LogP contribution < -0.4 is 15.4 Å². The molecule has 1 heterocycles. The van der Waals surface area contributed by atoms with E-state index in [9.17, 15) is 24.5 Å². The Morgan fingerprint density at radius 1 is 1.30 bits per heavy atom. The van der Waals surface area contributed by atoms with E-state index in [2.05, 4.69) is 10.6 Å². The first kappa shape index (κ1) is 20.8. The molecule has 0 atom stereocenters. The maximum atomic E-state index is 12.6. The number of methoxy groups -OCH3 is 1. The predicted octanol–water partition coefficient (Wildman–Crippen LogP) is 2.79. The highest BCUT2D eigenvalue weighted by Gasteiger charge is 2.35. The Labute approximate surface area is 175 Å². The minimum atomic E-state index is -0.803. The first-order chi connectivity index (χ1) is 14.3. The first-order valence-electron chi connectivity index (χ1n) is 8.51. The monoisotopic (exact) mass is 430 g/mol. The van der Waals surface area contributed by atoms with Crippen LogP contribution in [0, 0.1) is 10.1 Å². The van der Waals surface area contributed by atoms with Crippen molar-refractivity contribution in [3.05, 3.63) is 68.9 Å². The van der Waals surface area contributed by atoms with Crippen molar-refractivity contribution in [2.24, 2.45) is 0 Å². The van der Waals surface area contributed by atoms with E-state index in [1.807, 2.05) is 0 Å². The Hall–Kier alpha value is -3.92. The third-order valence-corrected chi connectivity index (χ3v) is 4.48. The third-order valence-electron chi connectivity index (χ3n) is 4.14. The number of ether oxygens (including phenoxy) is 1. The number of non-ortho nitro benzene ring substituents is 1. The molecule has 0 aliphatic carbocycles. The van der Waals surface area contributed by atoms with Crippen LogP contribution in [0.1, 0.15) is 5.56 Å². The van der Waals surface area contributed by atoms with Crippen molar-refractivity contribution in [2.45, 2.75) is 0 Å². The average molecular weight is 431 g/mol. The number of urea groups is 1. The highest BCUT2D eigenvalue weighted by atomic mass is 35.5. The summed E-state index contributed by atoms with van der Waals surface area (Å²) in [5.74, 6) is -0.959. The summed E-state index contributed by atoms with van der Waals surface area (Å²) in [6.45, 7) is -0.539. The van der Waals surface area contributed by atoms with Crippen molar-refractivity contribution in [3.63, 3.8) is 0 Å². The van der Waals surface area contributed by atoms with Crippen molar-refractivity contribution < 1.29 is 24.0 Å². The van der Waals surface area contributed by atoms with Gasteiger partial charge in [0.05, 0.1) is 17.7 Å². The number of nitro groups is 1. The topological polar surface area (TPSA) is 131 Å². The molecule has 1 fully saturated rings. The summed E-state index contributed by atoms with van der Waals surface area (Å²) < 4.78 is 5.14. The van der Waals surface area contributed by atoms with E-state index in [0.717, 1.165) is 0 Å². The molecule has 10 nitrogen and oxygen atoms in total. The second-order valence-corrected chi connectivity index (χ2v) is 6.50. The summed E-state index contributed by atoms with van der Waals surface area (Å²) in [6.07, 6.45) is 1.22. The van der Waals surface area contributed by atoms with Crippen LogP contribution in [0.3, 0.4) is 0 Å². The molecule has 0 unspecified atom stereocenters. The second kappa shape index (κ2) is 8.62. The molecule has 2 aromatic rings. The lowest BCUT2D eigenvalue weighted by Crippen LogP contribution is -2.38. The summed E-state index contributed by atoms with van der Waals surface area (Å²) in [4.78, 5) is 48.1. The Morgan fingerprint density at radius 2 is 2.03 bits per heavy atom. The third kappa shape index (κ3) is 4.39. The van der Waals surface area contributed by atoms with Crippen LogP contribution in [0.25, 0.3) is 6.08 Å². The van der Waals surface area contributed by atoms with Gasteiger partial charge in [-0.2, -0.15) is 0 Å². The van der Waals surface area contributed by atoms with Crippen LogP contribution in [0.4, 0.5) is 16.2 Å². The van der Waals surface area contributed by atoms with Crippen LogP contribution in [0.2, 0.25) is 5.02 Å². The molecular formula is C19H15ClN4O6. The van der Waals surface area contributed by atoms with Gasteiger partial charge in [-0.05, 0) is 24.3 Å². The number of benzene rings is 2. The second-order valence-electron chi connectivity index (χ2n) is 6.09. The maximum absolute atomic E-state index is 12.6. The zero-order valence-electron chi connectivity index (χ0n) is 15.5. The molecule has 1 aliphatic rings. The standard InChI is InChI=1S/C19H15ClN4O6/c1-30-16-5-3-2-4-14(16)21-17(25)10-23-18(26)15(22-19(23)27)9-11-8-12(24(28)29)6-7-13(11)20/h2-9H,10H2,1H3,(H,21,25)(H,22,27)/b15-9+. The van der Waals surface area contributed by atoms with E-state index in [0.29, 0.717) is 16.3 Å². The number of carbonyl (C=O) groups is 3. The number of halogens is 1. The lowest BCUT2D eigenvalue weighted by molar-refractivity contribution is -0.384. The molecule has 2 aromatic carbocycles. The van der Waals surface area contributed by atoms with Gasteiger partial charge >= 0.3 is 6.03 Å². The average Bonchev–Trinajstić information content (AvgIpc) is 2.97. The van der Waals surface area contributed by atoms with E-state index in [-0.39, 0.29) is 22.0 Å². The van der Waals surface area contributed by atoms with Gasteiger partial charge in [0.2, 0.25) is 5.91 Å². The molecule has 0 spiro atoms. The van der Waals surface area contributed by atoms with Crippen LogP contribution >= 0.6 is 11.6 Å². The van der Waals surface area contributed by atoms with Crippen molar-refractivity contribution in [2.75, 3.05) is 19.0 Å². The van der Waals surface area contributed by atoms with Crippen LogP contribution in [0.15, 0.2) is 48.2 Å². The van der Waals surface area contributed by atoms with E-state index in [1.54, 1.807) is 24.3 Å². The minimum absolute atomic E-state index is 0.155. The fourth-order valence-electron chi connectivity index (χ4n) is 2.71. The van der Waals surface area contributed by atoms with Gasteiger partial charge in [0.25, 0.3) is 11.6 Å². The zero-order valence-corrected chi connectivity index (χ0v) is 16.3. The first-order valence-corrected chi connectivity index (χ1v) is 8.89. The van der Waals surface area contributed by atoms with E-state index >= 15 is 0 Å². The fraction of sp³-hybridized carbons (Fsp3) is 0.105. The Balaban J connectivity index is 1.76. The van der Waals surface area contributed by atoms with Crippen LogP contribution in [0.5, 0.6) is 5.75 Å². The summed E-state index contributed by atoms with van der Waals surface area (Å²) in [7, 11) is 1.44. The van der Waals surface area contributed by atoms with Crippen molar-refractivity contribution in [1.29, 1.82) is 0 Å². The van der Waals surface area contributed by atoms with E-state index in [4.69, 9.17) is 16.3 Å². The molecule has 1 aliphatic heterocycles. The molecule has 1 saturated heterocycles. The molecule has 0 saturated carbocycles. The summed E-state index contributed by atoms with van der Waals surface area (Å²) in [5.41, 5.74) is 0.176. The number of carbonyl (C=O) groups excluding carboxylic acids is 3. The molecule has 4 amide bonds. The molecule has 3 rings (SSSR count). The Morgan fingerprint density at radius 3 is 2.73 bits per heavy atom. The maximum Gasteiger partial charge on any atom is 0.329 e. The fourth-order valence-corrected chi connectivity index (χ4v) is 2.88.